The second-order valence-electron chi connectivity index (χ2n) is 4.78. The highest BCUT2D eigenvalue weighted by Gasteiger charge is 2.11. The van der Waals surface area contributed by atoms with Crippen molar-refractivity contribution in [3.05, 3.63) is 68.5 Å². The van der Waals surface area contributed by atoms with Crippen LogP contribution in [0.4, 0.5) is 5.69 Å². The molecule has 0 fully saturated rings. The van der Waals surface area contributed by atoms with Gasteiger partial charge in [-0.05, 0) is 53.6 Å². The van der Waals surface area contributed by atoms with Crippen molar-refractivity contribution >= 4 is 46.0 Å². The van der Waals surface area contributed by atoms with Crippen molar-refractivity contribution in [2.45, 2.75) is 17.6 Å². The third kappa shape index (κ3) is 3.80. The van der Waals surface area contributed by atoms with E-state index in [-0.39, 0.29) is 5.91 Å². The Labute approximate surface area is 142 Å². The zero-order valence-corrected chi connectivity index (χ0v) is 14.5. The molecular formula is C17H15NOS3. The van der Waals surface area contributed by atoms with Gasteiger partial charge in [-0.2, -0.15) is 11.3 Å². The summed E-state index contributed by atoms with van der Waals surface area (Å²) in [4.78, 5) is 15.3. The van der Waals surface area contributed by atoms with E-state index in [4.69, 9.17) is 0 Å². The minimum Gasteiger partial charge on any atom is -0.320 e. The third-order valence-electron chi connectivity index (χ3n) is 3.07. The van der Waals surface area contributed by atoms with Crippen molar-refractivity contribution in [2.75, 3.05) is 5.32 Å². The maximum absolute atomic E-state index is 12.3. The Morgan fingerprint density at radius 2 is 2.05 bits per heavy atom. The number of rotatable bonds is 5. The number of hydrogen-bond acceptors (Lipinski definition) is 4. The van der Waals surface area contributed by atoms with Gasteiger partial charge in [-0.3, -0.25) is 4.79 Å². The van der Waals surface area contributed by atoms with Crippen molar-refractivity contribution in [1.29, 1.82) is 0 Å². The van der Waals surface area contributed by atoms with Crippen LogP contribution >= 0.6 is 34.4 Å². The standard InChI is InChI=1S/C17H15NOS3/c1-12-6-7-16(22-12)17(19)18-14-4-2-3-5-15(14)21-11-13-8-9-20-10-13/h2-10H,11H2,1H3,(H,18,19). The molecule has 0 aliphatic rings. The summed E-state index contributed by atoms with van der Waals surface area (Å²) in [6, 6.07) is 13.9. The highest BCUT2D eigenvalue weighted by atomic mass is 32.2. The van der Waals surface area contributed by atoms with E-state index < -0.39 is 0 Å². The van der Waals surface area contributed by atoms with Crippen LogP contribution in [0.3, 0.4) is 0 Å². The number of anilines is 1. The summed E-state index contributed by atoms with van der Waals surface area (Å²) in [5, 5.41) is 7.26. The molecule has 0 saturated heterocycles. The second-order valence-corrected chi connectivity index (χ2v) is 7.87. The highest BCUT2D eigenvalue weighted by Crippen LogP contribution is 2.31. The van der Waals surface area contributed by atoms with Crippen LogP contribution in [0.2, 0.25) is 0 Å². The Balaban J connectivity index is 1.72. The Morgan fingerprint density at radius 3 is 2.77 bits per heavy atom. The van der Waals surface area contributed by atoms with E-state index in [2.05, 4.69) is 22.1 Å². The monoisotopic (exact) mass is 345 g/mol. The summed E-state index contributed by atoms with van der Waals surface area (Å²) in [5.41, 5.74) is 2.18. The van der Waals surface area contributed by atoms with Gasteiger partial charge in [0, 0.05) is 15.5 Å². The van der Waals surface area contributed by atoms with Gasteiger partial charge in [-0.15, -0.1) is 23.1 Å². The predicted octanol–water partition coefficient (Wildman–Crippen LogP) is 5.66. The molecule has 1 aromatic carbocycles. The van der Waals surface area contributed by atoms with Crippen LogP contribution in [0.1, 0.15) is 20.1 Å². The number of thiophene rings is 2. The fraction of sp³-hybridized carbons (Fsp3) is 0.118. The zero-order chi connectivity index (χ0) is 15.4. The molecular weight excluding hydrogens is 330 g/mol. The lowest BCUT2D eigenvalue weighted by atomic mass is 10.3. The van der Waals surface area contributed by atoms with Gasteiger partial charge in [0.25, 0.3) is 5.91 Å². The predicted molar refractivity (Wildman–Crippen MR) is 97.3 cm³/mol. The first-order valence-electron chi connectivity index (χ1n) is 6.83. The molecule has 0 spiro atoms. The van der Waals surface area contributed by atoms with Crippen LogP contribution < -0.4 is 5.32 Å². The molecule has 5 heteroatoms. The summed E-state index contributed by atoms with van der Waals surface area (Å²) in [6.45, 7) is 2.01. The van der Waals surface area contributed by atoms with Gasteiger partial charge in [0.05, 0.1) is 10.6 Å². The van der Waals surface area contributed by atoms with E-state index in [1.807, 2.05) is 43.3 Å². The lowest BCUT2D eigenvalue weighted by Gasteiger charge is -2.09. The minimum absolute atomic E-state index is 0.0401. The first kappa shape index (κ1) is 15.3. The topological polar surface area (TPSA) is 29.1 Å². The van der Waals surface area contributed by atoms with Gasteiger partial charge < -0.3 is 5.32 Å². The summed E-state index contributed by atoms with van der Waals surface area (Å²) >= 11 is 4.96. The van der Waals surface area contributed by atoms with Crippen LogP contribution in [0.15, 0.2) is 58.1 Å². The fourth-order valence-electron chi connectivity index (χ4n) is 1.97. The van der Waals surface area contributed by atoms with Crippen LogP contribution in [0, 0.1) is 6.92 Å². The molecule has 2 nitrogen and oxygen atoms in total. The zero-order valence-electron chi connectivity index (χ0n) is 12.0. The molecule has 2 aromatic heterocycles. The van der Waals surface area contributed by atoms with Crippen LogP contribution in [0.25, 0.3) is 0 Å². The Hall–Kier alpha value is -1.56. The summed E-state index contributed by atoms with van der Waals surface area (Å²) in [6.07, 6.45) is 0. The lowest BCUT2D eigenvalue weighted by Crippen LogP contribution is -2.10. The average molecular weight is 346 g/mol. The molecule has 1 N–H and O–H groups in total. The molecule has 0 bridgehead atoms. The Bertz CT molecular complexity index is 762. The first-order valence-corrected chi connectivity index (χ1v) is 9.57. The van der Waals surface area contributed by atoms with E-state index in [0.717, 1.165) is 26.1 Å². The molecule has 3 aromatic rings. The number of aryl methyl sites for hydroxylation is 1. The van der Waals surface area contributed by atoms with Gasteiger partial charge in [0.1, 0.15) is 0 Å². The molecule has 0 unspecified atom stereocenters. The number of amides is 1. The second kappa shape index (κ2) is 7.13. The van der Waals surface area contributed by atoms with Gasteiger partial charge in [0.15, 0.2) is 0 Å². The van der Waals surface area contributed by atoms with Gasteiger partial charge in [-0.1, -0.05) is 12.1 Å². The van der Waals surface area contributed by atoms with Crippen LogP contribution in [0.5, 0.6) is 0 Å². The lowest BCUT2D eigenvalue weighted by molar-refractivity contribution is 0.103. The molecule has 112 valence electrons. The fourth-order valence-corrected chi connectivity index (χ4v) is 4.46. The molecule has 0 radical (unpaired) electrons. The van der Waals surface area contributed by atoms with Gasteiger partial charge in [-0.25, -0.2) is 0 Å². The summed E-state index contributed by atoms with van der Waals surface area (Å²) < 4.78 is 0. The van der Waals surface area contributed by atoms with E-state index >= 15 is 0 Å². The van der Waals surface area contributed by atoms with Gasteiger partial charge >= 0.3 is 0 Å². The van der Waals surface area contributed by atoms with E-state index in [1.54, 1.807) is 23.1 Å². The highest BCUT2D eigenvalue weighted by molar-refractivity contribution is 7.98. The number of carbonyl (C=O) groups excluding carboxylic acids is 1. The summed E-state index contributed by atoms with van der Waals surface area (Å²) in [5.74, 6) is 0.871. The quantitative estimate of drug-likeness (QED) is 0.604. The minimum atomic E-state index is -0.0401. The molecule has 2 heterocycles. The van der Waals surface area contributed by atoms with Crippen molar-refractivity contribution in [3.63, 3.8) is 0 Å². The van der Waals surface area contributed by atoms with E-state index in [1.165, 1.54) is 16.9 Å². The molecule has 0 aliphatic carbocycles. The third-order valence-corrected chi connectivity index (χ3v) is 5.95. The Morgan fingerprint density at radius 1 is 1.18 bits per heavy atom. The molecule has 22 heavy (non-hydrogen) atoms. The van der Waals surface area contributed by atoms with Crippen molar-refractivity contribution < 1.29 is 4.79 Å². The Kier molecular flexibility index (Phi) is 4.97. The van der Waals surface area contributed by atoms with Crippen molar-refractivity contribution in [1.82, 2.24) is 0 Å². The van der Waals surface area contributed by atoms with E-state index in [0.29, 0.717) is 0 Å². The van der Waals surface area contributed by atoms with E-state index in [9.17, 15) is 4.79 Å². The van der Waals surface area contributed by atoms with Crippen molar-refractivity contribution in [2.24, 2.45) is 0 Å². The number of carbonyl (C=O) groups is 1. The number of hydrogen-bond donors (Lipinski definition) is 1. The largest absolute Gasteiger partial charge is 0.320 e. The van der Waals surface area contributed by atoms with Crippen molar-refractivity contribution in [3.8, 4) is 0 Å². The first-order chi connectivity index (χ1) is 10.7. The number of thioether (sulfide) groups is 1. The molecule has 3 rings (SSSR count). The number of benzene rings is 1. The summed E-state index contributed by atoms with van der Waals surface area (Å²) in [7, 11) is 0. The normalized spacial score (nSPS) is 10.6. The molecule has 0 aliphatic heterocycles. The maximum atomic E-state index is 12.3. The number of nitrogens with one attached hydrogen (secondary N) is 1. The SMILES string of the molecule is Cc1ccc(C(=O)Nc2ccccc2SCc2ccsc2)s1. The number of para-hydroxylation sites is 1. The molecule has 1 amide bonds. The van der Waals surface area contributed by atoms with Gasteiger partial charge in [0.2, 0.25) is 0 Å². The smallest absolute Gasteiger partial charge is 0.265 e. The maximum Gasteiger partial charge on any atom is 0.265 e. The molecule has 0 saturated carbocycles. The van der Waals surface area contributed by atoms with Crippen LogP contribution in [-0.2, 0) is 5.75 Å². The average Bonchev–Trinajstić information content (AvgIpc) is 3.17. The molecule has 0 atom stereocenters. The van der Waals surface area contributed by atoms with Crippen LogP contribution in [-0.4, -0.2) is 5.91 Å².